The highest BCUT2D eigenvalue weighted by molar-refractivity contribution is 5.76. The van der Waals surface area contributed by atoms with Gasteiger partial charge in [0.2, 0.25) is 5.91 Å². The number of hydrogen-bond donors (Lipinski definition) is 1. The summed E-state index contributed by atoms with van der Waals surface area (Å²) in [6, 6.07) is 0. The summed E-state index contributed by atoms with van der Waals surface area (Å²) in [6.45, 7) is 2.93. The van der Waals surface area contributed by atoms with E-state index in [-0.39, 0.29) is 5.41 Å². The second-order valence-corrected chi connectivity index (χ2v) is 5.42. The molecule has 2 heterocycles. The van der Waals surface area contributed by atoms with Crippen LogP contribution < -0.4 is 5.32 Å². The van der Waals surface area contributed by atoms with Crippen LogP contribution in [0.4, 0.5) is 13.2 Å². The summed E-state index contributed by atoms with van der Waals surface area (Å²) >= 11 is 0. The fourth-order valence-electron chi connectivity index (χ4n) is 2.97. The number of nitrogens with zero attached hydrogens (tertiary/aromatic N) is 1. The topological polar surface area (TPSA) is 32.3 Å². The SMILES string of the molecule is O=C(CC(F)(F)F)N1CCC2(CCNCC2)CC1. The van der Waals surface area contributed by atoms with Gasteiger partial charge in [0, 0.05) is 13.1 Å². The van der Waals surface area contributed by atoms with E-state index < -0.39 is 18.5 Å². The summed E-state index contributed by atoms with van der Waals surface area (Å²) in [7, 11) is 0. The highest BCUT2D eigenvalue weighted by Crippen LogP contribution is 2.39. The van der Waals surface area contributed by atoms with Gasteiger partial charge in [-0.25, -0.2) is 0 Å². The molecule has 104 valence electrons. The Morgan fingerprint density at radius 3 is 2.17 bits per heavy atom. The maximum Gasteiger partial charge on any atom is 0.397 e. The standard InChI is InChI=1S/C12H19F3N2O/c13-12(14,15)9-10(18)17-7-3-11(4-8-17)1-5-16-6-2-11/h16H,1-9H2. The highest BCUT2D eigenvalue weighted by atomic mass is 19.4. The molecule has 0 aromatic rings. The normalized spacial score (nSPS) is 24.3. The summed E-state index contributed by atoms with van der Waals surface area (Å²) in [6.07, 6.45) is -1.86. The van der Waals surface area contributed by atoms with Crippen LogP contribution in [-0.4, -0.2) is 43.2 Å². The van der Waals surface area contributed by atoms with E-state index in [0.717, 1.165) is 38.8 Å². The summed E-state index contributed by atoms with van der Waals surface area (Å²) in [4.78, 5) is 12.9. The van der Waals surface area contributed by atoms with E-state index >= 15 is 0 Å². The van der Waals surface area contributed by atoms with Crippen molar-refractivity contribution in [3.63, 3.8) is 0 Å². The van der Waals surface area contributed by atoms with Gasteiger partial charge in [-0.05, 0) is 44.2 Å². The number of carbonyl (C=O) groups excluding carboxylic acids is 1. The van der Waals surface area contributed by atoms with Gasteiger partial charge in [-0.15, -0.1) is 0 Å². The molecule has 2 fully saturated rings. The van der Waals surface area contributed by atoms with Crippen LogP contribution in [-0.2, 0) is 4.79 Å². The smallest absolute Gasteiger partial charge is 0.342 e. The second-order valence-electron chi connectivity index (χ2n) is 5.42. The predicted octanol–water partition coefficient (Wildman–Crippen LogP) is 1.93. The molecule has 6 heteroatoms. The first-order valence-electron chi connectivity index (χ1n) is 6.46. The van der Waals surface area contributed by atoms with E-state index in [1.807, 2.05) is 0 Å². The summed E-state index contributed by atoms with van der Waals surface area (Å²) in [5.41, 5.74) is 0.264. The van der Waals surface area contributed by atoms with Gasteiger partial charge in [0.25, 0.3) is 0 Å². The monoisotopic (exact) mass is 264 g/mol. The number of halogens is 3. The van der Waals surface area contributed by atoms with Gasteiger partial charge in [0.05, 0.1) is 0 Å². The third-order valence-electron chi connectivity index (χ3n) is 4.19. The van der Waals surface area contributed by atoms with Crippen molar-refractivity contribution in [3.8, 4) is 0 Å². The minimum atomic E-state index is -4.39. The molecule has 0 aromatic heterocycles. The lowest BCUT2D eigenvalue weighted by Gasteiger charge is -2.44. The predicted molar refractivity (Wildman–Crippen MR) is 61.0 cm³/mol. The third kappa shape index (κ3) is 3.37. The van der Waals surface area contributed by atoms with E-state index in [1.54, 1.807) is 0 Å². The van der Waals surface area contributed by atoms with Crippen molar-refractivity contribution in [2.45, 2.75) is 38.3 Å². The molecule has 0 atom stereocenters. The van der Waals surface area contributed by atoms with E-state index in [1.165, 1.54) is 4.90 Å². The molecule has 18 heavy (non-hydrogen) atoms. The van der Waals surface area contributed by atoms with E-state index in [4.69, 9.17) is 0 Å². The molecular formula is C12H19F3N2O. The number of alkyl halides is 3. The van der Waals surface area contributed by atoms with Crippen LogP contribution >= 0.6 is 0 Å². The minimum absolute atomic E-state index is 0.264. The molecule has 2 saturated heterocycles. The number of nitrogens with one attached hydrogen (secondary N) is 1. The lowest BCUT2D eigenvalue weighted by molar-refractivity contribution is -0.163. The van der Waals surface area contributed by atoms with Gasteiger partial charge < -0.3 is 10.2 Å². The number of likely N-dealkylation sites (tertiary alicyclic amines) is 1. The molecule has 0 unspecified atom stereocenters. The summed E-state index contributed by atoms with van der Waals surface area (Å²) in [5.74, 6) is -0.772. The molecule has 2 aliphatic rings. The molecule has 1 N–H and O–H groups in total. The van der Waals surface area contributed by atoms with Crippen molar-refractivity contribution in [2.24, 2.45) is 5.41 Å². The maximum absolute atomic E-state index is 12.2. The molecule has 0 aromatic carbocycles. The number of piperidine rings is 2. The lowest BCUT2D eigenvalue weighted by Crippen LogP contribution is -2.47. The van der Waals surface area contributed by atoms with Gasteiger partial charge in [-0.3, -0.25) is 4.79 Å². The molecule has 3 nitrogen and oxygen atoms in total. The van der Waals surface area contributed by atoms with E-state index in [0.29, 0.717) is 13.1 Å². The van der Waals surface area contributed by atoms with E-state index in [2.05, 4.69) is 5.32 Å². The summed E-state index contributed by atoms with van der Waals surface area (Å²) < 4.78 is 36.5. The van der Waals surface area contributed by atoms with E-state index in [9.17, 15) is 18.0 Å². The molecule has 1 spiro atoms. The number of carbonyl (C=O) groups is 1. The molecule has 0 aliphatic carbocycles. The molecule has 0 radical (unpaired) electrons. The van der Waals surface area contributed by atoms with Crippen LogP contribution in [0, 0.1) is 5.41 Å². The largest absolute Gasteiger partial charge is 0.397 e. The Labute approximate surface area is 105 Å². The number of rotatable bonds is 1. The van der Waals surface area contributed by atoms with Crippen molar-refractivity contribution in [2.75, 3.05) is 26.2 Å². The molecule has 1 amide bonds. The molecule has 2 aliphatic heterocycles. The number of amides is 1. The zero-order valence-electron chi connectivity index (χ0n) is 10.4. The first-order chi connectivity index (χ1) is 8.40. The second kappa shape index (κ2) is 5.07. The van der Waals surface area contributed by atoms with Crippen molar-refractivity contribution >= 4 is 5.91 Å². The Hall–Kier alpha value is -0.780. The van der Waals surface area contributed by atoms with Gasteiger partial charge in [-0.1, -0.05) is 0 Å². The van der Waals surface area contributed by atoms with Crippen LogP contribution in [0.15, 0.2) is 0 Å². The van der Waals surface area contributed by atoms with Crippen LogP contribution in [0.2, 0.25) is 0 Å². The average molecular weight is 264 g/mol. The van der Waals surface area contributed by atoms with Crippen LogP contribution in [0.25, 0.3) is 0 Å². The van der Waals surface area contributed by atoms with Gasteiger partial charge in [0.15, 0.2) is 0 Å². The van der Waals surface area contributed by atoms with Gasteiger partial charge in [-0.2, -0.15) is 13.2 Å². The Morgan fingerprint density at radius 2 is 1.67 bits per heavy atom. The first-order valence-corrected chi connectivity index (χ1v) is 6.46. The van der Waals surface area contributed by atoms with Crippen LogP contribution in [0.3, 0.4) is 0 Å². The summed E-state index contributed by atoms with van der Waals surface area (Å²) in [5, 5.41) is 3.29. The Bertz CT molecular complexity index is 301. The van der Waals surface area contributed by atoms with Crippen molar-refractivity contribution in [3.05, 3.63) is 0 Å². The zero-order chi connectivity index (χ0) is 13.2. The van der Waals surface area contributed by atoms with Crippen molar-refractivity contribution in [1.82, 2.24) is 10.2 Å². The van der Waals surface area contributed by atoms with Gasteiger partial charge >= 0.3 is 6.18 Å². The average Bonchev–Trinajstić information content (AvgIpc) is 2.28. The van der Waals surface area contributed by atoms with Crippen LogP contribution in [0.1, 0.15) is 32.1 Å². The molecule has 0 bridgehead atoms. The fraction of sp³-hybridized carbons (Fsp3) is 0.917. The van der Waals surface area contributed by atoms with Crippen LogP contribution in [0.5, 0.6) is 0 Å². The van der Waals surface area contributed by atoms with Crippen molar-refractivity contribution < 1.29 is 18.0 Å². The molecule has 0 saturated carbocycles. The quantitative estimate of drug-likeness (QED) is 0.785. The van der Waals surface area contributed by atoms with Gasteiger partial charge in [0.1, 0.15) is 6.42 Å². The third-order valence-corrected chi connectivity index (χ3v) is 4.19. The number of hydrogen-bond acceptors (Lipinski definition) is 2. The lowest BCUT2D eigenvalue weighted by atomic mass is 9.71. The zero-order valence-corrected chi connectivity index (χ0v) is 10.4. The first kappa shape index (κ1) is 13.6. The molecular weight excluding hydrogens is 245 g/mol. The maximum atomic E-state index is 12.2. The highest BCUT2D eigenvalue weighted by Gasteiger charge is 2.39. The Balaban J connectivity index is 1.84. The Kier molecular flexibility index (Phi) is 3.84. The minimum Gasteiger partial charge on any atom is -0.342 e. The fourth-order valence-corrected chi connectivity index (χ4v) is 2.97. The van der Waals surface area contributed by atoms with Crippen molar-refractivity contribution in [1.29, 1.82) is 0 Å². The Morgan fingerprint density at radius 1 is 1.11 bits per heavy atom. The molecule has 2 rings (SSSR count).